The summed E-state index contributed by atoms with van der Waals surface area (Å²) >= 11 is 0. The molecule has 0 aliphatic heterocycles. The van der Waals surface area contributed by atoms with Gasteiger partial charge < -0.3 is 14.8 Å². The molecule has 1 aromatic rings. The molecule has 4 heteroatoms. The molecule has 0 aromatic heterocycles. The van der Waals surface area contributed by atoms with E-state index < -0.39 is 0 Å². The van der Waals surface area contributed by atoms with E-state index >= 15 is 0 Å². The van der Waals surface area contributed by atoms with Gasteiger partial charge in [0.25, 0.3) is 0 Å². The predicted molar refractivity (Wildman–Crippen MR) is 79.6 cm³/mol. The first kappa shape index (κ1) is 16.9. The van der Waals surface area contributed by atoms with Crippen molar-refractivity contribution in [3.05, 3.63) is 29.6 Å². The van der Waals surface area contributed by atoms with Crippen molar-refractivity contribution in [3.63, 3.8) is 0 Å². The van der Waals surface area contributed by atoms with Crippen LogP contribution in [-0.4, -0.2) is 27.4 Å². The summed E-state index contributed by atoms with van der Waals surface area (Å²) in [5, 5.41) is 3.42. The lowest BCUT2D eigenvalue weighted by Gasteiger charge is -2.23. The van der Waals surface area contributed by atoms with Crippen LogP contribution in [0.1, 0.15) is 38.3 Å². The van der Waals surface area contributed by atoms with Crippen LogP contribution in [0.15, 0.2) is 18.2 Å². The second-order valence-electron chi connectivity index (χ2n) is 5.19. The Morgan fingerprint density at radius 2 is 2.05 bits per heavy atom. The third-order valence-corrected chi connectivity index (χ3v) is 3.31. The monoisotopic (exact) mass is 283 g/mol. The van der Waals surface area contributed by atoms with Gasteiger partial charge in [-0.1, -0.05) is 19.9 Å². The molecule has 0 radical (unpaired) electrons. The minimum atomic E-state index is -0.220. The second-order valence-corrected chi connectivity index (χ2v) is 5.19. The Morgan fingerprint density at radius 3 is 2.60 bits per heavy atom. The normalized spacial score (nSPS) is 14.1. The summed E-state index contributed by atoms with van der Waals surface area (Å²) in [6.07, 6.45) is 1.87. The van der Waals surface area contributed by atoms with Crippen LogP contribution in [0.2, 0.25) is 0 Å². The summed E-state index contributed by atoms with van der Waals surface area (Å²) < 4.78 is 24.4. The third kappa shape index (κ3) is 5.10. The summed E-state index contributed by atoms with van der Waals surface area (Å²) in [5.74, 6) is 0.698. The largest absolute Gasteiger partial charge is 0.497 e. The van der Waals surface area contributed by atoms with Crippen LogP contribution >= 0.6 is 0 Å². The van der Waals surface area contributed by atoms with Crippen molar-refractivity contribution in [2.75, 3.05) is 27.4 Å². The van der Waals surface area contributed by atoms with Crippen LogP contribution in [0.5, 0.6) is 5.75 Å². The quantitative estimate of drug-likeness (QED) is 0.752. The lowest BCUT2D eigenvalue weighted by Crippen LogP contribution is -2.26. The van der Waals surface area contributed by atoms with Crippen LogP contribution < -0.4 is 10.1 Å². The van der Waals surface area contributed by atoms with E-state index in [1.807, 2.05) is 0 Å². The van der Waals surface area contributed by atoms with Crippen LogP contribution in [0.3, 0.4) is 0 Å². The van der Waals surface area contributed by atoms with Gasteiger partial charge >= 0.3 is 0 Å². The van der Waals surface area contributed by atoms with Gasteiger partial charge in [-0.3, -0.25) is 0 Å². The number of hydrogen-bond acceptors (Lipinski definition) is 3. The highest BCUT2D eigenvalue weighted by molar-refractivity contribution is 5.30. The van der Waals surface area contributed by atoms with Crippen molar-refractivity contribution in [2.24, 2.45) is 5.92 Å². The smallest absolute Gasteiger partial charge is 0.131 e. The van der Waals surface area contributed by atoms with Gasteiger partial charge in [0.15, 0.2) is 0 Å². The number of nitrogens with one attached hydrogen (secondary N) is 1. The minimum Gasteiger partial charge on any atom is -0.497 e. The van der Waals surface area contributed by atoms with Crippen LogP contribution in [0.4, 0.5) is 4.39 Å². The molecule has 0 amide bonds. The van der Waals surface area contributed by atoms with Gasteiger partial charge in [0.2, 0.25) is 0 Å². The van der Waals surface area contributed by atoms with E-state index in [-0.39, 0.29) is 11.9 Å². The number of methoxy groups -OCH3 is 2. The molecular formula is C16H26FNO2. The molecule has 0 bridgehead atoms. The van der Waals surface area contributed by atoms with Gasteiger partial charge in [-0.05, 0) is 31.4 Å². The molecule has 0 aliphatic rings. The molecule has 2 unspecified atom stereocenters. The van der Waals surface area contributed by atoms with Gasteiger partial charge in [-0.25, -0.2) is 4.39 Å². The van der Waals surface area contributed by atoms with Crippen LogP contribution in [0, 0.1) is 11.7 Å². The molecule has 1 aromatic carbocycles. The number of benzene rings is 1. The van der Waals surface area contributed by atoms with E-state index in [0.717, 1.165) is 19.4 Å². The van der Waals surface area contributed by atoms with Gasteiger partial charge in [0.05, 0.1) is 7.11 Å². The summed E-state index contributed by atoms with van der Waals surface area (Å²) in [6.45, 7) is 5.77. The molecule has 0 fully saturated rings. The molecule has 1 N–H and O–H groups in total. The highest BCUT2D eigenvalue weighted by Gasteiger charge is 2.18. The standard InChI is InChI=1S/C16H26FNO2/c1-5-8-18-16(9-12(2)11-19-3)14-7-6-13(20-4)10-15(14)17/h6-7,10,12,16,18H,5,8-9,11H2,1-4H3. The Balaban J connectivity index is 2.85. The van der Waals surface area contributed by atoms with Crippen molar-refractivity contribution >= 4 is 0 Å². The van der Waals surface area contributed by atoms with E-state index in [4.69, 9.17) is 9.47 Å². The Bertz CT molecular complexity index is 398. The van der Waals surface area contributed by atoms with E-state index in [0.29, 0.717) is 23.8 Å². The molecule has 114 valence electrons. The number of halogens is 1. The van der Waals surface area contributed by atoms with E-state index in [1.165, 1.54) is 6.07 Å². The Labute approximate surface area is 121 Å². The summed E-state index contributed by atoms with van der Waals surface area (Å²) in [4.78, 5) is 0. The molecular weight excluding hydrogens is 257 g/mol. The van der Waals surface area contributed by atoms with E-state index in [9.17, 15) is 4.39 Å². The van der Waals surface area contributed by atoms with Crippen molar-refractivity contribution < 1.29 is 13.9 Å². The first-order chi connectivity index (χ1) is 9.62. The van der Waals surface area contributed by atoms with Crippen molar-refractivity contribution in [3.8, 4) is 5.75 Å². The third-order valence-electron chi connectivity index (χ3n) is 3.31. The molecule has 2 atom stereocenters. The van der Waals surface area contributed by atoms with Gasteiger partial charge in [0.1, 0.15) is 11.6 Å². The summed E-state index contributed by atoms with van der Waals surface area (Å²) in [5.41, 5.74) is 0.696. The molecule has 0 saturated carbocycles. The number of hydrogen-bond donors (Lipinski definition) is 1. The van der Waals surface area contributed by atoms with Crippen LogP contribution in [0.25, 0.3) is 0 Å². The fourth-order valence-electron chi connectivity index (χ4n) is 2.31. The van der Waals surface area contributed by atoms with E-state index in [2.05, 4.69) is 19.2 Å². The minimum absolute atomic E-state index is 0.00556. The Morgan fingerprint density at radius 1 is 1.30 bits per heavy atom. The second kappa shape index (κ2) is 8.93. The first-order valence-electron chi connectivity index (χ1n) is 7.18. The fourth-order valence-corrected chi connectivity index (χ4v) is 2.31. The Kier molecular flexibility index (Phi) is 7.55. The van der Waals surface area contributed by atoms with E-state index in [1.54, 1.807) is 26.4 Å². The summed E-state index contributed by atoms with van der Waals surface area (Å²) in [7, 11) is 3.24. The highest BCUT2D eigenvalue weighted by atomic mass is 19.1. The lowest BCUT2D eigenvalue weighted by atomic mass is 9.95. The average Bonchev–Trinajstić information content (AvgIpc) is 2.43. The Hall–Kier alpha value is -1.13. The molecule has 0 aliphatic carbocycles. The maximum atomic E-state index is 14.2. The number of ether oxygens (including phenoxy) is 2. The lowest BCUT2D eigenvalue weighted by molar-refractivity contribution is 0.149. The van der Waals surface area contributed by atoms with Gasteiger partial charge in [-0.15, -0.1) is 0 Å². The first-order valence-corrected chi connectivity index (χ1v) is 7.18. The van der Waals surface area contributed by atoms with Crippen molar-refractivity contribution in [1.82, 2.24) is 5.32 Å². The molecule has 3 nitrogen and oxygen atoms in total. The van der Waals surface area contributed by atoms with Crippen LogP contribution in [-0.2, 0) is 4.74 Å². The maximum Gasteiger partial charge on any atom is 0.131 e. The zero-order valence-corrected chi connectivity index (χ0v) is 12.9. The molecule has 20 heavy (non-hydrogen) atoms. The molecule has 1 rings (SSSR count). The molecule has 0 heterocycles. The van der Waals surface area contributed by atoms with Crippen molar-refractivity contribution in [2.45, 2.75) is 32.7 Å². The SMILES string of the molecule is CCCNC(CC(C)COC)c1ccc(OC)cc1F. The highest BCUT2D eigenvalue weighted by Crippen LogP contribution is 2.26. The van der Waals surface area contributed by atoms with Gasteiger partial charge in [0, 0.05) is 31.4 Å². The molecule has 0 saturated heterocycles. The zero-order chi connectivity index (χ0) is 15.0. The maximum absolute atomic E-state index is 14.2. The summed E-state index contributed by atoms with van der Waals surface area (Å²) in [6, 6.07) is 5.06. The number of rotatable bonds is 9. The zero-order valence-electron chi connectivity index (χ0n) is 12.9. The topological polar surface area (TPSA) is 30.5 Å². The molecule has 0 spiro atoms. The average molecular weight is 283 g/mol. The fraction of sp³-hybridized carbons (Fsp3) is 0.625. The van der Waals surface area contributed by atoms with Gasteiger partial charge in [-0.2, -0.15) is 0 Å². The predicted octanol–water partition coefficient (Wildman–Crippen LogP) is 3.55. The van der Waals surface area contributed by atoms with Crippen molar-refractivity contribution in [1.29, 1.82) is 0 Å².